The average molecular weight is 262 g/mol. The Kier molecular flexibility index (Phi) is 7.40. The molecule has 0 aliphatic carbocycles. The summed E-state index contributed by atoms with van der Waals surface area (Å²) in [7, 11) is -4.38. The minimum Gasteiger partial charge on any atom is -0.337 e. The Morgan fingerprint density at radius 2 is 2.00 bits per heavy atom. The Morgan fingerprint density at radius 3 is 2.35 bits per heavy atom. The predicted molar refractivity (Wildman–Crippen MR) is 64.0 cm³/mol. The van der Waals surface area contributed by atoms with Crippen molar-refractivity contribution in [1.29, 1.82) is 0 Å². The van der Waals surface area contributed by atoms with Crippen molar-refractivity contribution < 1.29 is 17.8 Å². The maximum absolute atomic E-state index is 9.63. The summed E-state index contributed by atoms with van der Waals surface area (Å²) in [6.07, 6.45) is 9.58. The van der Waals surface area contributed by atoms with Crippen molar-refractivity contribution in [3.8, 4) is 0 Å². The van der Waals surface area contributed by atoms with Gasteiger partial charge >= 0.3 is 10.1 Å². The Labute approximate surface area is 101 Å². The number of carbonyl (C=O) groups is 1. The van der Waals surface area contributed by atoms with E-state index in [0.717, 1.165) is 13.5 Å². The zero-order chi connectivity index (χ0) is 13.3. The highest BCUT2D eigenvalue weighted by molar-refractivity contribution is 8.01. The van der Waals surface area contributed by atoms with Gasteiger partial charge in [0.05, 0.1) is 6.33 Å². The second-order valence-electron chi connectivity index (χ2n) is 3.47. The topological polar surface area (TPSA) is 89.3 Å². The molecule has 0 aliphatic heterocycles. The van der Waals surface area contributed by atoms with Crippen molar-refractivity contribution in [3.05, 3.63) is 18.7 Å². The van der Waals surface area contributed by atoms with Crippen LogP contribution in [0.2, 0.25) is 0 Å². The van der Waals surface area contributed by atoms with Crippen LogP contribution in [0.25, 0.3) is 0 Å². The summed E-state index contributed by atoms with van der Waals surface area (Å²) < 4.78 is 28.9. The molecule has 98 valence electrons. The van der Waals surface area contributed by atoms with Crippen LogP contribution >= 0.6 is 0 Å². The van der Waals surface area contributed by atoms with Crippen molar-refractivity contribution in [2.45, 2.75) is 39.7 Å². The lowest BCUT2D eigenvalue weighted by Gasteiger charge is -1.98. The number of aromatic nitrogens is 2. The Bertz CT molecular complexity index is 412. The van der Waals surface area contributed by atoms with Crippen LogP contribution in [0.5, 0.6) is 0 Å². The van der Waals surface area contributed by atoms with Gasteiger partial charge < -0.3 is 4.57 Å². The molecule has 17 heavy (non-hydrogen) atoms. The van der Waals surface area contributed by atoms with Crippen molar-refractivity contribution in [3.63, 3.8) is 0 Å². The van der Waals surface area contributed by atoms with Gasteiger partial charge in [-0.15, -0.1) is 0 Å². The minimum absolute atomic E-state index is 0.773. The summed E-state index contributed by atoms with van der Waals surface area (Å²) in [5.41, 5.74) is 0. The number of hydrogen-bond donors (Lipinski definition) is 1. The van der Waals surface area contributed by atoms with Crippen LogP contribution in [0.1, 0.15) is 33.1 Å². The zero-order valence-electron chi connectivity index (χ0n) is 10.0. The van der Waals surface area contributed by atoms with Gasteiger partial charge in [-0.3, -0.25) is 9.35 Å². The van der Waals surface area contributed by atoms with E-state index in [1.165, 1.54) is 19.3 Å². The second kappa shape index (κ2) is 7.97. The van der Waals surface area contributed by atoms with Gasteiger partial charge in [-0.25, -0.2) is 4.98 Å². The molecule has 0 aromatic carbocycles. The fourth-order valence-corrected chi connectivity index (χ4v) is 0.963. The van der Waals surface area contributed by atoms with Gasteiger partial charge in [0, 0.05) is 25.9 Å². The largest absolute Gasteiger partial charge is 0.337 e. The van der Waals surface area contributed by atoms with Crippen molar-refractivity contribution in [1.82, 2.24) is 9.55 Å². The zero-order valence-corrected chi connectivity index (χ0v) is 10.9. The fraction of sp³-hybridized carbons (Fsp3) is 0.600. The minimum atomic E-state index is -4.38. The molecule has 1 heterocycles. The molecular weight excluding hydrogens is 244 g/mol. The molecule has 0 atom stereocenters. The third kappa shape index (κ3) is 8.58. The number of unbranched alkanes of at least 4 members (excludes halogenated alkanes) is 2. The normalized spacial score (nSPS) is 10.5. The van der Waals surface area contributed by atoms with Gasteiger partial charge in [-0.2, -0.15) is 8.42 Å². The molecule has 1 rings (SSSR count). The Hall–Kier alpha value is -1.21. The summed E-state index contributed by atoms with van der Waals surface area (Å²) in [5.74, 6) is 0. The molecule has 0 bridgehead atoms. The van der Waals surface area contributed by atoms with Gasteiger partial charge in [0.1, 0.15) is 0 Å². The van der Waals surface area contributed by atoms with Crippen LogP contribution in [0.15, 0.2) is 18.7 Å². The molecule has 0 spiro atoms. The first-order valence-electron chi connectivity index (χ1n) is 5.31. The first-order valence-corrected chi connectivity index (χ1v) is 6.75. The second-order valence-corrected chi connectivity index (χ2v) is 5.00. The van der Waals surface area contributed by atoms with Crippen molar-refractivity contribution >= 4 is 15.2 Å². The van der Waals surface area contributed by atoms with E-state index in [-0.39, 0.29) is 0 Å². The lowest BCUT2D eigenvalue weighted by Crippen LogP contribution is -2.07. The van der Waals surface area contributed by atoms with Gasteiger partial charge in [0.2, 0.25) is 0 Å². The number of aryl methyl sites for hydroxylation is 1. The molecule has 0 radical (unpaired) electrons. The van der Waals surface area contributed by atoms with Crippen molar-refractivity contribution in [2.24, 2.45) is 0 Å². The van der Waals surface area contributed by atoms with Crippen LogP contribution < -0.4 is 0 Å². The van der Waals surface area contributed by atoms with E-state index in [1.807, 2.05) is 18.7 Å². The summed E-state index contributed by atoms with van der Waals surface area (Å²) in [6.45, 7) is 4.11. The van der Waals surface area contributed by atoms with E-state index in [1.54, 1.807) is 0 Å². The predicted octanol–water partition coefficient (Wildman–Crippen LogP) is 1.49. The highest BCUT2D eigenvalue weighted by Gasteiger charge is 2.09. The maximum Gasteiger partial charge on any atom is 0.328 e. The summed E-state index contributed by atoms with van der Waals surface area (Å²) in [5, 5.41) is -1.23. The number of imidazole rings is 1. The highest BCUT2D eigenvalue weighted by Crippen LogP contribution is 1.97. The molecule has 1 aromatic rings. The SMILES string of the molecule is CC(=O)S(=O)(=O)O.CCCCCn1ccnc1. The molecule has 1 N–H and O–H groups in total. The molecule has 0 saturated heterocycles. The van der Waals surface area contributed by atoms with E-state index < -0.39 is 15.2 Å². The molecule has 0 saturated carbocycles. The van der Waals surface area contributed by atoms with E-state index >= 15 is 0 Å². The lowest BCUT2D eigenvalue weighted by molar-refractivity contribution is -0.110. The van der Waals surface area contributed by atoms with Crippen molar-refractivity contribution in [2.75, 3.05) is 0 Å². The van der Waals surface area contributed by atoms with E-state index in [9.17, 15) is 13.2 Å². The lowest BCUT2D eigenvalue weighted by atomic mass is 10.2. The maximum atomic E-state index is 9.63. The number of carbonyl (C=O) groups excluding carboxylic acids is 1. The first-order chi connectivity index (χ1) is 7.88. The van der Waals surface area contributed by atoms with Crippen LogP contribution in [0.4, 0.5) is 0 Å². The quantitative estimate of drug-likeness (QED) is 0.656. The summed E-state index contributed by atoms with van der Waals surface area (Å²) >= 11 is 0. The number of rotatable bonds is 4. The Morgan fingerprint density at radius 1 is 1.41 bits per heavy atom. The van der Waals surface area contributed by atoms with Gasteiger partial charge in [-0.1, -0.05) is 19.8 Å². The summed E-state index contributed by atoms with van der Waals surface area (Å²) in [6, 6.07) is 0. The molecule has 1 aromatic heterocycles. The molecule has 7 heteroatoms. The monoisotopic (exact) mass is 262 g/mol. The fourth-order valence-electron chi connectivity index (χ4n) is 0.963. The van der Waals surface area contributed by atoms with E-state index in [2.05, 4.69) is 16.5 Å². The number of hydrogen-bond acceptors (Lipinski definition) is 4. The van der Waals surface area contributed by atoms with Crippen LogP contribution in [-0.4, -0.2) is 27.6 Å². The molecule has 0 unspecified atom stereocenters. The first kappa shape index (κ1) is 15.8. The van der Waals surface area contributed by atoms with Gasteiger partial charge in [-0.05, 0) is 6.42 Å². The molecule has 0 amide bonds. The molecule has 6 nitrogen and oxygen atoms in total. The van der Waals surface area contributed by atoms with E-state index in [4.69, 9.17) is 4.55 Å². The third-order valence-corrected chi connectivity index (χ3v) is 2.67. The average Bonchev–Trinajstić information content (AvgIpc) is 2.70. The van der Waals surface area contributed by atoms with Crippen LogP contribution in [0.3, 0.4) is 0 Å². The summed E-state index contributed by atoms with van der Waals surface area (Å²) in [4.78, 5) is 13.6. The van der Waals surface area contributed by atoms with Gasteiger partial charge in [0.15, 0.2) is 0 Å². The van der Waals surface area contributed by atoms with Crippen LogP contribution in [-0.2, 0) is 21.5 Å². The number of nitrogens with zero attached hydrogens (tertiary/aromatic N) is 2. The molecule has 0 aliphatic rings. The highest BCUT2D eigenvalue weighted by atomic mass is 32.2. The standard InChI is InChI=1S/C8H14N2.C2H4O4S/c1-2-3-4-6-10-7-5-9-8-10;1-2(3)7(4,5)6/h5,7-8H,2-4,6H2,1H3;1H3,(H,4,5,6). The molecule has 0 fully saturated rings. The third-order valence-electron chi connectivity index (χ3n) is 1.94. The van der Waals surface area contributed by atoms with Crippen LogP contribution in [0, 0.1) is 0 Å². The van der Waals surface area contributed by atoms with E-state index in [0.29, 0.717) is 0 Å². The van der Waals surface area contributed by atoms with Gasteiger partial charge in [0.25, 0.3) is 5.12 Å². The smallest absolute Gasteiger partial charge is 0.328 e. The Balaban J connectivity index is 0.000000325. The molecular formula is C10H18N2O4S.